The molecule has 5 aromatic rings. The van der Waals surface area contributed by atoms with Crippen LogP contribution in [0.2, 0.25) is 5.02 Å². The first-order valence-corrected chi connectivity index (χ1v) is 12.4. The Morgan fingerprint density at radius 1 is 1.00 bits per heavy atom. The van der Waals surface area contributed by atoms with Gasteiger partial charge in [0.15, 0.2) is 0 Å². The number of anilines is 3. The van der Waals surface area contributed by atoms with Crippen molar-refractivity contribution in [1.29, 1.82) is 0 Å². The highest BCUT2D eigenvalue weighted by Gasteiger charge is 2.13. The van der Waals surface area contributed by atoms with Crippen LogP contribution in [-0.4, -0.2) is 35.2 Å². The first-order chi connectivity index (χ1) is 17.2. The molecule has 2 N–H and O–H groups in total. The minimum Gasteiger partial charge on any atom is -0.486 e. The standard InChI is InChI=1S/C26H24ClN5O2S/c1-33-12-4-11-28-17-6-8-20-23(14-17)35-26-24(20)25(30-16-31-26)32-18-7-9-22(21(27)13-18)34-15-19-5-2-3-10-29-19/h2-3,5-10,13-14,16,28H,4,11-12,15H2,1H3,(H,30,31,32). The van der Waals surface area contributed by atoms with Crippen molar-refractivity contribution in [2.75, 3.05) is 30.9 Å². The first kappa shape index (κ1) is 23.3. The maximum Gasteiger partial charge on any atom is 0.143 e. The molecule has 0 amide bonds. The molecule has 0 saturated heterocycles. The summed E-state index contributed by atoms with van der Waals surface area (Å²) >= 11 is 8.15. The molecule has 0 saturated carbocycles. The van der Waals surface area contributed by atoms with E-state index in [-0.39, 0.29) is 0 Å². The summed E-state index contributed by atoms with van der Waals surface area (Å²) in [4.78, 5) is 14.2. The fourth-order valence-corrected chi connectivity index (χ4v) is 5.05. The maximum absolute atomic E-state index is 6.50. The monoisotopic (exact) mass is 505 g/mol. The number of pyridine rings is 1. The zero-order valence-corrected chi connectivity index (χ0v) is 20.7. The number of benzene rings is 2. The minimum absolute atomic E-state index is 0.351. The van der Waals surface area contributed by atoms with Crippen LogP contribution in [0.5, 0.6) is 5.75 Å². The molecule has 178 valence electrons. The van der Waals surface area contributed by atoms with Crippen LogP contribution in [-0.2, 0) is 11.3 Å². The van der Waals surface area contributed by atoms with Crippen molar-refractivity contribution in [3.8, 4) is 5.75 Å². The molecule has 0 aliphatic heterocycles. The van der Waals surface area contributed by atoms with Crippen molar-refractivity contribution in [3.63, 3.8) is 0 Å². The number of nitrogens with one attached hydrogen (secondary N) is 2. The number of thiophene rings is 1. The zero-order chi connectivity index (χ0) is 24.0. The van der Waals surface area contributed by atoms with E-state index in [2.05, 4.69) is 43.8 Å². The first-order valence-electron chi connectivity index (χ1n) is 11.2. The van der Waals surface area contributed by atoms with Crippen molar-refractivity contribution in [2.24, 2.45) is 0 Å². The molecule has 0 aliphatic carbocycles. The van der Waals surface area contributed by atoms with Crippen molar-refractivity contribution in [2.45, 2.75) is 13.0 Å². The van der Waals surface area contributed by atoms with Crippen molar-refractivity contribution < 1.29 is 9.47 Å². The van der Waals surface area contributed by atoms with Gasteiger partial charge in [-0.25, -0.2) is 9.97 Å². The van der Waals surface area contributed by atoms with Gasteiger partial charge in [-0.05, 0) is 48.9 Å². The Bertz CT molecular complexity index is 1440. The molecule has 2 aromatic carbocycles. The third-order valence-corrected chi connectivity index (χ3v) is 6.78. The average molecular weight is 506 g/mol. The zero-order valence-electron chi connectivity index (χ0n) is 19.1. The van der Waals surface area contributed by atoms with Crippen LogP contribution in [0.1, 0.15) is 12.1 Å². The lowest BCUT2D eigenvalue weighted by atomic mass is 10.2. The van der Waals surface area contributed by atoms with Gasteiger partial charge in [-0.1, -0.05) is 23.7 Å². The predicted molar refractivity (Wildman–Crippen MR) is 143 cm³/mol. The fourth-order valence-electron chi connectivity index (χ4n) is 3.73. The smallest absolute Gasteiger partial charge is 0.143 e. The van der Waals surface area contributed by atoms with E-state index in [1.54, 1.807) is 31.0 Å². The van der Waals surface area contributed by atoms with Crippen LogP contribution in [0, 0.1) is 0 Å². The molecular weight excluding hydrogens is 482 g/mol. The molecule has 0 spiro atoms. The van der Waals surface area contributed by atoms with E-state index in [4.69, 9.17) is 21.1 Å². The molecule has 0 bridgehead atoms. The van der Waals surface area contributed by atoms with Crippen LogP contribution >= 0.6 is 22.9 Å². The number of methoxy groups -OCH3 is 1. The number of hydrogen-bond donors (Lipinski definition) is 2. The Hall–Kier alpha value is -3.46. The average Bonchev–Trinajstić information content (AvgIpc) is 3.25. The van der Waals surface area contributed by atoms with E-state index < -0.39 is 0 Å². The van der Waals surface area contributed by atoms with Gasteiger partial charge in [-0.3, -0.25) is 4.98 Å². The number of hydrogen-bond acceptors (Lipinski definition) is 8. The highest BCUT2D eigenvalue weighted by Crippen LogP contribution is 2.38. The summed E-state index contributed by atoms with van der Waals surface area (Å²) < 4.78 is 12.1. The van der Waals surface area contributed by atoms with Crippen LogP contribution in [0.3, 0.4) is 0 Å². The largest absolute Gasteiger partial charge is 0.486 e. The van der Waals surface area contributed by atoms with Gasteiger partial charge in [0, 0.05) is 47.9 Å². The molecule has 0 atom stereocenters. The summed E-state index contributed by atoms with van der Waals surface area (Å²) in [5.41, 5.74) is 2.73. The van der Waals surface area contributed by atoms with E-state index in [1.807, 2.05) is 36.4 Å². The Morgan fingerprint density at radius 2 is 1.91 bits per heavy atom. The lowest BCUT2D eigenvalue weighted by Gasteiger charge is -2.11. The lowest BCUT2D eigenvalue weighted by molar-refractivity contribution is 0.198. The summed E-state index contributed by atoms with van der Waals surface area (Å²) in [6.45, 7) is 1.95. The molecule has 3 heterocycles. The van der Waals surface area contributed by atoms with E-state index in [9.17, 15) is 0 Å². The van der Waals surface area contributed by atoms with Gasteiger partial charge in [0.1, 0.15) is 29.3 Å². The molecule has 35 heavy (non-hydrogen) atoms. The second-order valence-corrected chi connectivity index (χ2v) is 9.31. The lowest BCUT2D eigenvalue weighted by Crippen LogP contribution is -2.04. The number of fused-ring (bicyclic) bond motifs is 3. The molecular formula is C26H24ClN5O2S. The maximum atomic E-state index is 6.50. The van der Waals surface area contributed by atoms with Gasteiger partial charge < -0.3 is 20.1 Å². The SMILES string of the molecule is COCCCNc1ccc2c(c1)sc1ncnc(Nc3ccc(OCc4ccccn4)c(Cl)c3)c12. The topological polar surface area (TPSA) is 81.2 Å². The van der Waals surface area contributed by atoms with Gasteiger partial charge >= 0.3 is 0 Å². The molecule has 7 nitrogen and oxygen atoms in total. The molecule has 0 radical (unpaired) electrons. The second-order valence-electron chi connectivity index (χ2n) is 7.87. The number of halogens is 1. The minimum atomic E-state index is 0.351. The van der Waals surface area contributed by atoms with Crippen LogP contribution < -0.4 is 15.4 Å². The predicted octanol–water partition coefficient (Wildman–Crippen LogP) is 6.66. The van der Waals surface area contributed by atoms with Gasteiger partial charge in [0.05, 0.1) is 16.1 Å². The molecule has 0 fully saturated rings. The molecule has 0 unspecified atom stereocenters. The number of rotatable bonds is 10. The van der Waals surface area contributed by atoms with Crippen molar-refractivity contribution in [1.82, 2.24) is 15.0 Å². The summed E-state index contributed by atoms with van der Waals surface area (Å²) in [5.74, 6) is 1.34. The third kappa shape index (κ3) is 5.45. The van der Waals surface area contributed by atoms with E-state index >= 15 is 0 Å². The second kappa shape index (κ2) is 10.9. The third-order valence-electron chi connectivity index (χ3n) is 5.42. The van der Waals surface area contributed by atoms with Crippen LogP contribution in [0.4, 0.5) is 17.2 Å². The van der Waals surface area contributed by atoms with Crippen molar-refractivity contribution in [3.05, 3.63) is 77.8 Å². The molecule has 9 heteroatoms. The molecule has 5 rings (SSSR count). The van der Waals surface area contributed by atoms with E-state index in [0.29, 0.717) is 17.4 Å². The van der Waals surface area contributed by atoms with E-state index in [0.717, 1.165) is 62.8 Å². The fraction of sp³-hybridized carbons (Fsp3) is 0.192. The number of nitrogens with zero attached hydrogens (tertiary/aromatic N) is 3. The highest BCUT2D eigenvalue weighted by atomic mass is 35.5. The van der Waals surface area contributed by atoms with Gasteiger partial charge in [0.2, 0.25) is 0 Å². The number of aromatic nitrogens is 3. The Morgan fingerprint density at radius 3 is 2.74 bits per heavy atom. The highest BCUT2D eigenvalue weighted by molar-refractivity contribution is 7.25. The molecule has 3 aromatic heterocycles. The van der Waals surface area contributed by atoms with Crippen LogP contribution in [0.25, 0.3) is 20.3 Å². The normalized spacial score (nSPS) is 11.1. The van der Waals surface area contributed by atoms with Gasteiger partial charge in [-0.15, -0.1) is 11.3 Å². The summed E-state index contributed by atoms with van der Waals surface area (Å²) in [6.07, 6.45) is 4.27. The Labute approximate surface area is 212 Å². The molecule has 0 aliphatic rings. The number of ether oxygens (including phenoxy) is 2. The summed E-state index contributed by atoms with van der Waals surface area (Å²) in [6, 6.07) is 17.7. The van der Waals surface area contributed by atoms with Crippen LogP contribution in [0.15, 0.2) is 67.1 Å². The summed E-state index contributed by atoms with van der Waals surface area (Å²) in [7, 11) is 1.72. The van der Waals surface area contributed by atoms with Crippen molar-refractivity contribution >= 4 is 60.4 Å². The Balaban J connectivity index is 1.35. The quantitative estimate of drug-likeness (QED) is 0.205. The van der Waals surface area contributed by atoms with Gasteiger partial charge in [0.25, 0.3) is 0 Å². The van der Waals surface area contributed by atoms with E-state index in [1.165, 1.54) is 0 Å². The van der Waals surface area contributed by atoms with Gasteiger partial charge in [-0.2, -0.15) is 0 Å². The Kier molecular flexibility index (Phi) is 7.23. The summed E-state index contributed by atoms with van der Waals surface area (Å²) in [5, 5.41) is 9.46.